The molecule has 2 N–H and O–H groups in total. The summed E-state index contributed by atoms with van der Waals surface area (Å²) in [4.78, 5) is 0. The zero-order valence-electron chi connectivity index (χ0n) is 8.65. The summed E-state index contributed by atoms with van der Waals surface area (Å²) in [5, 5.41) is 9.63. The maximum atomic E-state index is 13.5. The van der Waals surface area contributed by atoms with Gasteiger partial charge in [0, 0.05) is 16.8 Å². The Balaban J connectivity index is 2.75. The van der Waals surface area contributed by atoms with E-state index in [-0.39, 0.29) is 5.39 Å². The maximum absolute atomic E-state index is 13.5. The molecule has 0 spiro atoms. The van der Waals surface area contributed by atoms with E-state index in [1.54, 1.807) is 0 Å². The fourth-order valence-corrected chi connectivity index (χ4v) is 1.64. The number of hydrogen-bond acceptors (Lipinski definition) is 2. The van der Waals surface area contributed by atoms with Crippen LogP contribution in [0.2, 0.25) is 0 Å². The molecule has 0 unspecified atom stereocenters. The SMILES string of the molecule is Oc1cc(F)c(F)c2c(NC(F)(F)F)cccc12. The molecule has 0 saturated heterocycles. The molecule has 2 rings (SSSR count). The van der Waals surface area contributed by atoms with E-state index in [1.165, 1.54) is 12.1 Å². The van der Waals surface area contributed by atoms with Crippen molar-refractivity contribution in [1.29, 1.82) is 0 Å². The van der Waals surface area contributed by atoms with Gasteiger partial charge in [-0.15, -0.1) is 0 Å². The van der Waals surface area contributed by atoms with E-state index >= 15 is 0 Å². The van der Waals surface area contributed by atoms with Crippen molar-refractivity contribution in [3.05, 3.63) is 35.9 Å². The van der Waals surface area contributed by atoms with Gasteiger partial charge in [-0.05, 0) is 6.07 Å². The third kappa shape index (κ3) is 2.15. The van der Waals surface area contributed by atoms with Gasteiger partial charge in [0.1, 0.15) is 5.75 Å². The molecule has 2 nitrogen and oxygen atoms in total. The van der Waals surface area contributed by atoms with E-state index in [0.717, 1.165) is 11.4 Å². The lowest BCUT2D eigenvalue weighted by Crippen LogP contribution is -2.21. The Kier molecular flexibility index (Phi) is 2.76. The second-order valence-electron chi connectivity index (χ2n) is 3.54. The Morgan fingerprint density at radius 2 is 1.78 bits per heavy atom. The number of fused-ring (bicyclic) bond motifs is 1. The van der Waals surface area contributed by atoms with Crippen LogP contribution in [-0.2, 0) is 0 Å². The Hall–Kier alpha value is -2.05. The highest BCUT2D eigenvalue weighted by Gasteiger charge is 2.29. The molecule has 0 atom stereocenters. The van der Waals surface area contributed by atoms with Gasteiger partial charge in [-0.1, -0.05) is 12.1 Å². The lowest BCUT2D eigenvalue weighted by Gasteiger charge is -2.13. The van der Waals surface area contributed by atoms with Crippen molar-refractivity contribution >= 4 is 16.5 Å². The van der Waals surface area contributed by atoms with E-state index < -0.39 is 34.8 Å². The molecule has 0 heterocycles. The molecule has 0 saturated carbocycles. The van der Waals surface area contributed by atoms with E-state index in [4.69, 9.17) is 0 Å². The first kappa shape index (κ1) is 12.4. The lowest BCUT2D eigenvalue weighted by atomic mass is 10.1. The summed E-state index contributed by atoms with van der Waals surface area (Å²) >= 11 is 0. The summed E-state index contributed by atoms with van der Waals surface area (Å²) in [5.41, 5.74) is -0.660. The number of aromatic hydroxyl groups is 1. The van der Waals surface area contributed by atoms with Gasteiger partial charge in [-0.2, -0.15) is 13.2 Å². The quantitative estimate of drug-likeness (QED) is 0.606. The number of phenols is 1. The summed E-state index contributed by atoms with van der Waals surface area (Å²) in [6.45, 7) is 0. The molecule has 2 aromatic carbocycles. The monoisotopic (exact) mass is 263 g/mol. The van der Waals surface area contributed by atoms with Crippen molar-refractivity contribution in [1.82, 2.24) is 0 Å². The number of alkyl halides is 3. The van der Waals surface area contributed by atoms with Crippen molar-refractivity contribution in [3.8, 4) is 5.75 Å². The Morgan fingerprint density at radius 1 is 1.11 bits per heavy atom. The molecule has 0 aliphatic heterocycles. The van der Waals surface area contributed by atoms with Crippen LogP contribution in [0.25, 0.3) is 10.8 Å². The van der Waals surface area contributed by atoms with Gasteiger partial charge in [0.25, 0.3) is 0 Å². The van der Waals surface area contributed by atoms with Crippen LogP contribution in [0.4, 0.5) is 27.6 Å². The number of anilines is 1. The first-order chi connectivity index (χ1) is 8.29. The fraction of sp³-hybridized carbons (Fsp3) is 0.0909. The minimum atomic E-state index is -4.79. The zero-order valence-corrected chi connectivity index (χ0v) is 8.65. The molecule has 0 bridgehead atoms. The van der Waals surface area contributed by atoms with E-state index in [2.05, 4.69) is 0 Å². The van der Waals surface area contributed by atoms with Gasteiger partial charge in [0.2, 0.25) is 0 Å². The maximum Gasteiger partial charge on any atom is 0.482 e. The fourth-order valence-electron chi connectivity index (χ4n) is 1.64. The molecule has 0 fully saturated rings. The van der Waals surface area contributed by atoms with E-state index in [0.29, 0.717) is 6.07 Å². The number of nitrogens with one attached hydrogen (secondary N) is 1. The van der Waals surface area contributed by atoms with Crippen LogP contribution in [-0.4, -0.2) is 11.4 Å². The second kappa shape index (κ2) is 4.01. The van der Waals surface area contributed by atoms with Gasteiger partial charge in [0.05, 0.1) is 5.69 Å². The van der Waals surface area contributed by atoms with Crippen LogP contribution in [0, 0.1) is 11.6 Å². The Bertz CT molecular complexity index is 608. The third-order valence-electron chi connectivity index (χ3n) is 2.31. The van der Waals surface area contributed by atoms with Crippen molar-refractivity contribution in [2.75, 3.05) is 5.32 Å². The average Bonchev–Trinajstić information content (AvgIpc) is 2.24. The molecule has 0 aliphatic carbocycles. The zero-order chi connectivity index (χ0) is 13.5. The Morgan fingerprint density at radius 3 is 2.39 bits per heavy atom. The van der Waals surface area contributed by atoms with Crippen LogP contribution in [0.3, 0.4) is 0 Å². The predicted octanol–water partition coefficient (Wildman–Crippen LogP) is 3.76. The minimum Gasteiger partial charge on any atom is -0.507 e. The molecule has 18 heavy (non-hydrogen) atoms. The summed E-state index contributed by atoms with van der Waals surface area (Å²) in [6, 6.07) is 3.83. The van der Waals surface area contributed by atoms with Gasteiger partial charge in [0.15, 0.2) is 11.6 Å². The first-order valence-electron chi connectivity index (χ1n) is 4.74. The standard InChI is InChI=1S/C11H6F5NO/c12-6-4-8(18)5-2-1-3-7(9(5)10(6)13)17-11(14,15)16/h1-4,17-18H. The number of rotatable bonds is 1. The van der Waals surface area contributed by atoms with Crippen molar-refractivity contribution < 1.29 is 27.1 Å². The molecular weight excluding hydrogens is 257 g/mol. The van der Waals surface area contributed by atoms with Gasteiger partial charge in [-0.3, -0.25) is 5.32 Å². The first-order valence-corrected chi connectivity index (χ1v) is 4.74. The van der Waals surface area contributed by atoms with Crippen LogP contribution in [0.15, 0.2) is 24.3 Å². The van der Waals surface area contributed by atoms with Crippen LogP contribution in [0.1, 0.15) is 0 Å². The summed E-state index contributed by atoms with van der Waals surface area (Å²) in [7, 11) is 0. The lowest BCUT2D eigenvalue weighted by molar-refractivity contribution is -0.0998. The minimum absolute atomic E-state index is 0.205. The number of halogens is 5. The number of hydrogen-bond donors (Lipinski definition) is 2. The molecule has 0 aromatic heterocycles. The van der Waals surface area contributed by atoms with Crippen LogP contribution >= 0.6 is 0 Å². The van der Waals surface area contributed by atoms with Gasteiger partial charge >= 0.3 is 6.30 Å². The van der Waals surface area contributed by atoms with Crippen molar-refractivity contribution in [2.24, 2.45) is 0 Å². The molecule has 7 heteroatoms. The van der Waals surface area contributed by atoms with Crippen molar-refractivity contribution in [2.45, 2.75) is 6.30 Å². The molecule has 0 aliphatic rings. The largest absolute Gasteiger partial charge is 0.507 e. The molecule has 2 aromatic rings. The summed E-state index contributed by atoms with van der Waals surface area (Å²) in [6.07, 6.45) is -4.79. The highest BCUT2D eigenvalue weighted by Crippen LogP contribution is 2.35. The molecule has 0 amide bonds. The topological polar surface area (TPSA) is 32.3 Å². The molecule has 0 radical (unpaired) electrons. The highest BCUT2D eigenvalue weighted by molar-refractivity contribution is 5.98. The Labute approximate surface area is 97.6 Å². The van der Waals surface area contributed by atoms with Gasteiger partial charge < -0.3 is 5.11 Å². The normalized spacial score (nSPS) is 11.8. The van der Waals surface area contributed by atoms with Gasteiger partial charge in [-0.25, -0.2) is 8.78 Å². The van der Waals surface area contributed by atoms with Crippen molar-refractivity contribution in [3.63, 3.8) is 0 Å². The summed E-state index contributed by atoms with van der Waals surface area (Å²) in [5.74, 6) is -3.50. The van der Waals surface area contributed by atoms with Crippen LogP contribution in [0.5, 0.6) is 5.75 Å². The molecule has 96 valence electrons. The number of phenolic OH excluding ortho intramolecular Hbond substituents is 1. The predicted molar refractivity (Wildman–Crippen MR) is 55.2 cm³/mol. The molecular formula is C11H6F5NO. The highest BCUT2D eigenvalue weighted by atomic mass is 19.4. The second-order valence-corrected chi connectivity index (χ2v) is 3.54. The summed E-state index contributed by atoms with van der Waals surface area (Å²) < 4.78 is 63.2. The number of benzene rings is 2. The van der Waals surface area contributed by atoms with E-state index in [1.807, 2.05) is 0 Å². The third-order valence-corrected chi connectivity index (χ3v) is 2.31. The van der Waals surface area contributed by atoms with Crippen LogP contribution < -0.4 is 5.32 Å². The average molecular weight is 263 g/mol. The van der Waals surface area contributed by atoms with E-state index in [9.17, 15) is 27.1 Å². The smallest absolute Gasteiger partial charge is 0.482 e.